The fraction of sp³-hybridized carbons (Fsp3) is 0.500. The number of hydrogen-bond acceptors (Lipinski definition) is 4. The molecule has 0 radical (unpaired) electrons. The average molecular weight is 301 g/mol. The summed E-state index contributed by atoms with van der Waals surface area (Å²) in [4.78, 5) is 12.1. The van der Waals surface area contributed by atoms with Crippen LogP contribution in [0.3, 0.4) is 0 Å². The van der Waals surface area contributed by atoms with Crippen molar-refractivity contribution in [2.24, 2.45) is 5.92 Å². The third-order valence-corrected chi connectivity index (χ3v) is 3.39. The summed E-state index contributed by atoms with van der Waals surface area (Å²) in [6.07, 6.45) is 0. The Kier molecular flexibility index (Phi) is 6.10. The molecule has 0 bridgehead atoms. The summed E-state index contributed by atoms with van der Waals surface area (Å²) >= 11 is 0. The summed E-state index contributed by atoms with van der Waals surface area (Å²) in [5.41, 5.74) is 1.51. The molecule has 1 aliphatic rings. The van der Waals surface area contributed by atoms with E-state index in [2.05, 4.69) is 10.6 Å². The first-order valence-electron chi connectivity index (χ1n) is 6.37. The number of ether oxygens (including phenoxy) is 2. The van der Waals surface area contributed by atoms with Crippen molar-refractivity contribution in [3.8, 4) is 11.5 Å². The zero-order chi connectivity index (χ0) is 13.8. The van der Waals surface area contributed by atoms with Gasteiger partial charge in [-0.2, -0.15) is 0 Å². The molecule has 0 saturated carbocycles. The Labute approximate surface area is 125 Å². The van der Waals surface area contributed by atoms with Gasteiger partial charge in [0.25, 0.3) is 5.91 Å². The molecule has 20 heavy (non-hydrogen) atoms. The highest BCUT2D eigenvalue weighted by Crippen LogP contribution is 2.30. The van der Waals surface area contributed by atoms with Gasteiger partial charge in [0.15, 0.2) is 11.5 Å². The van der Waals surface area contributed by atoms with E-state index >= 15 is 0 Å². The molecule has 1 fully saturated rings. The van der Waals surface area contributed by atoms with E-state index in [-0.39, 0.29) is 18.3 Å². The number of halogens is 1. The molecule has 2 rings (SSSR count). The minimum atomic E-state index is -0.0645. The minimum Gasteiger partial charge on any atom is -0.493 e. The molecule has 1 heterocycles. The van der Waals surface area contributed by atoms with E-state index in [1.165, 1.54) is 0 Å². The second-order valence-electron chi connectivity index (χ2n) is 4.76. The number of carbonyl (C=O) groups excluding carboxylic acids is 1. The van der Waals surface area contributed by atoms with Crippen LogP contribution in [0, 0.1) is 12.8 Å². The van der Waals surface area contributed by atoms with Crippen molar-refractivity contribution in [3.63, 3.8) is 0 Å². The number of methoxy groups -OCH3 is 2. The van der Waals surface area contributed by atoms with E-state index in [1.807, 2.05) is 13.0 Å². The van der Waals surface area contributed by atoms with Crippen LogP contribution >= 0.6 is 12.4 Å². The molecule has 1 saturated heterocycles. The van der Waals surface area contributed by atoms with Gasteiger partial charge in [-0.15, -0.1) is 12.4 Å². The molecular weight excluding hydrogens is 280 g/mol. The number of nitrogens with one attached hydrogen (secondary N) is 2. The smallest absolute Gasteiger partial charge is 0.251 e. The van der Waals surface area contributed by atoms with Crippen molar-refractivity contribution >= 4 is 18.3 Å². The highest BCUT2D eigenvalue weighted by Gasteiger charge is 2.19. The van der Waals surface area contributed by atoms with E-state index in [4.69, 9.17) is 9.47 Å². The van der Waals surface area contributed by atoms with Crippen LogP contribution in [-0.2, 0) is 0 Å². The number of amides is 1. The molecule has 1 aromatic carbocycles. The Bertz CT molecular complexity index is 476. The van der Waals surface area contributed by atoms with Crippen molar-refractivity contribution in [1.82, 2.24) is 10.6 Å². The summed E-state index contributed by atoms with van der Waals surface area (Å²) in [6, 6.07) is 3.54. The SMILES string of the molecule is COc1cc(C)c(C(=O)NCC2CNC2)cc1OC.Cl. The molecule has 0 unspecified atom stereocenters. The predicted octanol–water partition coefficient (Wildman–Crippen LogP) is 1.38. The molecule has 1 aromatic rings. The van der Waals surface area contributed by atoms with Crippen molar-refractivity contribution in [2.45, 2.75) is 6.92 Å². The van der Waals surface area contributed by atoms with Crippen molar-refractivity contribution in [3.05, 3.63) is 23.3 Å². The zero-order valence-electron chi connectivity index (χ0n) is 12.0. The van der Waals surface area contributed by atoms with Gasteiger partial charge in [0.05, 0.1) is 14.2 Å². The Balaban J connectivity index is 0.00000200. The maximum atomic E-state index is 12.1. The third-order valence-electron chi connectivity index (χ3n) is 3.39. The number of rotatable bonds is 5. The molecule has 1 aliphatic heterocycles. The summed E-state index contributed by atoms with van der Waals surface area (Å²) in [5, 5.41) is 6.14. The molecule has 1 amide bonds. The van der Waals surface area contributed by atoms with E-state index in [1.54, 1.807) is 20.3 Å². The normalized spacial score (nSPS) is 13.9. The Morgan fingerprint density at radius 1 is 1.30 bits per heavy atom. The topological polar surface area (TPSA) is 59.6 Å². The first-order valence-corrected chi connectivity index (χ1v) is 6.37. The van der Waals surface area contributed by atoms with Gasteiger partial charge in [0, 0.05) is 31.1 Å². The lowest BCUT2D eigenvalue weighted by Gasteiger charge is -2.27. The lowest BCUT2D eigenvalue weighted by molar-refractivity contribution is 0.0941. The monoisotopic (exact) mass is 300 g/mol. The Morgan fingerprint density at radius 3 is 2.40 bits per heavy atom. The van der Waals surface area contributed by atoms with E-state index in [0.717, 1.165) is 18.7 Å². The fourth-order valence-corrected chi connectivity index (χ4v) is 2.05. The maximum Gasteiger partial charge on any atom is 0.251 e. The van der Waals surface area contributed by atoms with Crippen LogP contribution in [0.5, 0.6) is 11.5 Å². The van der Waals surface area contributed by atoms with Crippen LogP contribution in [0.1, 0.15) is 15.9 Å². The molecular formula is C14H21ClN2O3. The molecule has 2 N–H and O–H groups in total. The highest BCUT2D eigenvalue weighted by molar-refractivity contribution is 5.96. The van der Waals surface area contributed by atoms with Crippen LogP contribution in [0.25, 0.3) is 0 Å². The van der Waals surface area contributed by atoms with Crippen LogP contribution in [0.15, 0.2) is 12.1 Å². The average Bonchev–Trinajstić information content (AvgIpc) is 2.36. The minimum absolute atomic E-state index is 0. The third kappa shape index (κ3) is 3.55. The molecule has 0 atom stereocenters. The van der Waals surface area contributed by atoms with Crippen molar-refractivity contribution in [1.29, 1.82) is 0 Å². The van der Waals surface area contributed by atoms with Gasteiger partial charge in [0.1, 0.15) is 0 Å². The van der Waals surface area contributed by atoms with E-state index in [0.29, 0.717) is 29.5 Å². The van der Waals surface area contributed by atoms with Crippen LogP contribution in [-0.4, -0.2) is 39.8 Å². The summed E-state index contributed by atoms with van der Waals surface area (Å²) in [6.45, 7) is 4.55. The lowest BCUT2D eigenvalue weighted by atomic mass is 10.0. The van der Waals surface area contributed by atoms with Gasteiger partial charge < -0.3 is 20.1 Å². The van der Waals surface area contributed by atoms with Gasteiger partial charge >= 0.3 is 0 Å². The highest BCUT2D eigenvalue weighted by atomic mass is 35.5. The molecule has 0 aliphatic carbocycles. The fourth-order valence-electron chi connectivity index (χ4n) is 2.05. The van der Waals surface area contributed by atoms with E-state index in [9.17, 15) is 4.79 Å². The largest absolute Gasteiger partial charge is 0.493 e. The predicted molar refractivity (Wildman–Crippen MR) is 80.2 cm³/mol. The van der Waals surface area contributed by atoms with Gasteiger partial charge in [-0.05, 0) is 24.6 Å². The molecule has 6 heteroatoms. The van der Waals surface area contributed by atoms with Crippen LogP contribution < -0.4 is 20.1 Å². The second kappa shape index (κ2) is 7.36. The number of benzene rings is 1. The van der Waals surface area contributed by atoms with Gasteiger partial charge in [-0.3, -0.25) is 4.79 Å². The number of carbonyl (C=O) groups is 1. The van der Waals surface area contributed by atoms with Gasteiger partial charge in [-0.25, -0.2) is 0 Å². The Hall–Kier alpha value is -1.46. The second-order valence-corrected chi connectivity index (χ2v) is 4.76. The van der Waals surface area contributed by atoms with Crippen molar-refractivity contribution < 1.29 is 14.3 Å². The van der Waals surface area contributed by atoms with Gasteiger partial charge in [-0.1, -0.05) is 0 Å². The molecule has 112 valence electrons. The van der Waals surface area contributed by atoms with Crippen LogP contribution in [0.4, 0.5) is 0 Å². The van der Waals surface area contributed by atoms with E-state index < -0.39 is 0 Å². The number of aryl methyl sites for hydroxylation is 1. The lowest BCUT2D eigenvalue weighted by Crippen LogP contribution is -2.48. The molecule has 5 nitrogen and oxygen atoms in total. The standard InChI is InChI=1S/C14H20N2O3.ClH/c1-9-4-12(18-2)13(19-3)5-11(9)14(17)16-8-10-6-15-7-10;/h4-5,10,15H,6-8H2,1-3H3,(H,16,17);1H. The first-order chi connectivity index (χ1) is 9.15. The van der Waals surface area contributed by atoms with Crippen LogP contribution in [0.2, 0.25) is 0 Å². The molecule has 0 aromatic heterocycles. The summed E-state index contributed by atoms with van der Waals surface area (Å²) < 4.78 is 10.4. The number of hydrogen-bond donors (Lipinski definition) is 2. The summed E-state index contributed by atoms with van der Waals surface area (Å²) in [5.74, 6) is 1.69. The van der Waals surface area contributed by atoms with Crippen molar-refractivity contribution in [2.75, 3.05) is 33.9 Å². The maximum absolute atomic E-state index is 12.1. The molecule has 0 spiro atoms. The Morgan fingerprint density at radius 2 is 1.90 bits per heavy atom. The first kappa shape index (κ1) is 16.6. The quantitative estimate of drug-likeness (QED) is 0.862. The van der Waals surface area contributed by atoms with Gasteiger partial charge in [0.2, 0.25) is 0 Å². The summed E-state index contributed by atoms with van der Waals surface area (Å²) in [7, 11) is 3.15. The zero-order valence-corrected chi connectivity index (χ0v) is 12.8.